The third-order valence-corrected chi connectivity index (χ3v) is 2.39. The van der Waals surface area contributed by atoms with Crippen molar-refractivity contribution in [2.75, 3.05) is 0 Å². The molecule has 0 atom stereocenters. The SMILES string of the molecule is N#Cc1cccc2nc(-c3cccnc3)nn12. The van der Waals surface area contributed by atoms with Crippen molar-refractivity contribution in [3.8, 4) is 17.5 Å². The van der Waals surface area contributed by atoms with Gasteiger partial charge in [-0.15, -0.1) is 5.10 Å². The molecular formula is C12H7N5. The second-order valence-electron chi connectivity index (χ2n) is 3.47. The summed E-state index contributed by atoms with van der Waals surface area (Å²) in [5, 5.41) is 13.3. The van der Waals surface area contributed by atoms with Gasteiger partial charge in [-0.2, -0.15) is 5.26 Å². The fraction of sp³-hybridized carbons (Fsp3) is 0. The van der Waals surface area contributed by atoms with E-state index in [9.17, 15) is 0 Å². The molecule has 0 amide bonds. The molecule has 0 N–H and O–H groups in total. The Kier molecular flexibility index (Phi) is 2.06. The Morgan fingerprint density at radius 3 is 2.88 bits per heavy atom. The van der Waals surface area contributed by atoms with Crippen LogP contribution in [0.3, 0.4) is 0 Å². The van der Waals surface area contributed by atoms with E-state index in [1.165, 1.54) is 4.52 Å². The van der Waals surface area contributed by atoms with Crippen LogP contribution in [0.5, 0.6) is 0 Å². The van der Waals surface area contributed by atoms with Gasteiger partial charge < -0.3 is 0 Å². The topological polar surface area (TPSA) is 66.9 Å². The van der Waals surface area contributed by atoms with Crippen molar-refractivity contribution < 1.29 is 0 Å². The van der Waals surface area contributed by atoms with Gasteiger partial charge in [-0.3, -0.25) is 4.98 Å². The molecule has 0 saturated heterocycles. The summed E-state index contributed by atoms with van der Waals surface area (Å²) in [5.41, 5.74) is 1.95. The van der Waals surface area contributed by atoms with E-state index in [1.54, 1.807) is 24.5 Å². The van der Waals surface area contributed by atoms with Gasteiger partial charge in [-0.05, 0) is 24.3 Å². The minimum absolute atomic E-state index is 0.463. The standard InChI is InChI=1S/C12H7N5/c13-7-10-4-1-5-11-15-12(16-17(10)11)9-3-2-6-14-8-9/h1-6,8H. The summed E-state index contributed by atoms with van der Waals surface area (Å²) >= 11 is 0. The van der Waals surface area contributed by atoms with Crippen LogP contribution in [-0.4, -0.2) is 19.6 Å². The Morgan fingerprint density at radius 2 is 2.12 bits per heavy atom. The maximum atomic E-state index is 8.96. The molecule has 0 aliphatic rings. The highest BCUT2D eigenvalue weighted by atomic mass is 15.3. The Bertz CT molecular complexity index is 709. The number of rotatable bonds is 1. The molecule has 0 aliphatic carbocycles. The lowest BCUT2D eigenvalue weighted by Crippen LogP contribution is -1.93. The first-order valence-corrected chi connectivity index (χ1v) is 5.05. The molecule has 0 spiro atoms. The lowest BCUT2D eigenvalue weighted by atomic mass is 10.3. The average molecular weight is 221 g/mol. The summed E-state index contributed by atoms with van der Waals surface area (Å²) in [6.07, 6.45) is 3.39. The number of hydrogen-bond acceptors (Lipinski definition) is 4. The highest BCUT2D eigenvalue weighted by Gasteiger charge is 2.08. The van der Waals surface area contributed by atoms with E-state index in [0.29, 0.717) is 17.2 Å². The molecular weight excluding hydrogens is 214 g/mol. The van der Waals surface area contributed by atoms with E-state index >= 15 is 0 Å². The number of nitriles is 1. The van der Waals surface area contributed by atoms with Crippen molar-refractivity contribution >= 4 is 5.65 Å². The highest BCUT2D eigenvalue weighted by Crippen LogP contribution is 2.15. The molecule has 17 heavy (non-hydrogen) atoms. The summed E-state index contributed by atoms with van der Waals surface area (Å²) in [7, 11) is 0. The zero-order valence-corrected chi connectivity index (χ0v) is 8.78. The van der Waals surface area contributed by atoms with Gasteiger partial charge in [0.1, 0.15) is 11.8 Å². The molecule has 3 rings (SSSR count). The van der Waals surface area contributed by atoms with Crippen LogP contribution >= 0.6 is 0 Å². The van der Waals surface area contributed by atoms with Crippen LogP contribution in [0.1, 0.15) is 5.69 Å². The van der Waals surface area contributed by atoms with Gasteiger partial charge in [0.15, 0.2) is 11.5 Å². The monoisotopic (exact) mass is 221 g/mol. The first kappa shape index (κ1) is 9.48. The van der Waals surface area contributed by atoms with Crippen LogP contribution in [0.15, 0.2) is 42.7 Å². The van der Waals surface area contributed by atoms with Crippen LogP contribution < -0.4 is 0 Å². The van der Waals surface area contributed by atoms with Crippen molar-refractivity contribution in [1.82, 2.24) is 19.6 Å². The minimum atomic E-state index is 0.463. The summed E-state index contributed by atoms with van der Waals surface area (Å²) in [6.45, 7) is 0. The predicted molar refractivity (Wildman–Crippen MR) is 60.9 cm³/mol. The van der Waals surface area contributed by atoms with Crippen LogP contribution in [0.4, 0.5) is 0 Å². The maximum Gasteiger partial charge on any atom is 0.183 e. The third kappa shape index (κ3) is 1.52. The van der Waals surface area contributed by atoms with Gasteiger partial charge in [-0.25, -0.2) is 9.50 Å². The molecule has 5 heteroatoms. The lowest BCUT2D eigenvalue weighted by Gasteiger charge is -1.92. The molecule has 0 unspecified atom stereocenters. The second-order valence-corrected chi connectivity index (χ2v) is 3.47. The van der Waals surface area contributed by atoms with Crippen molar-refractivity contribution in [2.45, 2.75) is 0 Å². The van der Waals surface area contributed by atoms with Gasteiger partial charge in [-0.1, -0.05) is 6.07 Å². The number of nitrogens with zero attached hydrogens (tertiary/aromatic N) is 5. The summed E-state index contributed by atoms with van der Waals surface area (Å²) in [4.78, 5) is 8.37. The summed E-state index contributed by atoms with van der Waals surface area (Å²) in [5.74, 6) is 0.570. The molecule has 3 heterocycles. The highest BCUT2D eigenvalue weighted by molar-refractivity contribution is 5.57. The Hall–Kier alpha value is -2.74. The van der Waals surface area contributed by atoms with Crippen molar-refractivity contribution in [3.63, 3.8) is 0 Å². The number of pyridine rings is 2. The van der Waals surface area contributed by atoms with Crippen molar-refractivity contribution in [3.05, 3.63) is 48.4 Å². The number of fused-ring (bicyclic) bond motifs is 1. The summed E-state index contributed by atoms with van der Waals surface area (Å²) in [6, 6.07) is 11.1. The molecule has 3 aromatic rings. The van der Waals surface area contributed by atoms with Crippen LogP contribution in [-0.2, 0) is 0 Å². The normalized spacial score (nSPS) is 10.3. The molecule has 3 aromatic heterocycles. The molecule has 5 nitrogen and oxygen atoms in total. The van der Waals surface area contributed by atoms with E-state index in [1.807, 2.05) is 18.2 Å². The zero-order chi connectivity index (χ0) is 11.7. The minimum Gasteiger partial charge on any atom is -0.264 e. The number of aromatic nitrogens is 4. The van der Waals surface area contributed by atoms with Crippen molar-refractivity contribution in [2.24, 2.45) is 0 Å². The zero-order valence-electron chi connectivity index (χ0n) is 8.78. The molecule has 0 radical (unpaired) electrons. The van der Waals surface area contributed by atoms with Gasteiger partial charge in [0.05, 0.1) is 0 Å². The predicted octanol–water partition coefficient (Wildman–Crippen LogP) is 1.66. The smallest absolute Gasteiger partial charge is 0.183 e. The Balaban J connectivity index is 2.25. The van der Waals surface area contributed by atoms with E-state index in [4.69, 9.17) is 5.26 Å². The maximum absolute atomic E-state index is 8.96. The van der Waals surface area contributed by atoms with Crippen LogP contribution in [0.25, 0.3) is 17.0 Å². The van der Waals surface area contributed by atoms with E-state index in [-0.39, 0.29) is 0 Å². The first-order chi connectivity index (χ1) is 8.38. The number of hydrogen-bond donors (Lipinski definition) is 0. The molecule has 0 fully saturated rings. The molecule has 0 aromatic carbocycles. The molecule has 0 aliphatic heterocycles. The molecule has 0 bridgehead atoms. The Morgan fingerprint density at radius 1 is 1.18 bits per heavy atom. The van der Waals surface area contributed by atoms with Crippen LogP contribution in [0.2, 0.25) is 0 Å². The largest absolute Gasteiger partial charge is 0.264 e. The van der Waals surface area contributed by atoms with Crippen molar-refractivity contribution in [1.29, 1.82) is 5.26 Å². The fourth-order valence-corrected chi connectivity index (χ4v) is 1.61. The quantitative estimate of drug-likeness (QED) is 0.626. The fourth-order valence-electron chi connectivity index (χ4n) is 1.61. The van der Waals surface area contributed by atoms with E-state index < -0.39 is 0 Å². The van der Waals surface area contributed by atoms with E-state index in [2.05, 4.69) is 21.1 Å². The van der Waals surface area contributed by atoms with Gasteiger partial charge >= 0.3 is 0 Å². The molecule has 0 saturated carbocycles. The van der Waals surface area contributed by atoms with Crippen LogP contribution in [0, 0.1) is 11.3 Å². The third-order valence-electron chi connectivity index (χ3n) is 2.39. The van der Waals surface area contributed by atoms with Gasteiger partial charge in [0.25, 0.3) is 0 Å². The summed E-state index contributed by atoms with van der Waals surface area (Å²) < 4.78 is 1.53. The lowest BCUT2D eigenvalue weighted by molar-refractivity contribution is 0.945. The first-order valence-electron chi connectivity index (χ1n) is 5.05. The van der Waals surface area contributed by atoms with Gasteiger partial charge in [0.2, 0.25) is 0 Å². The Labute approximate surface area is 97.0 Å². The van der Waals surface area contributed by atoms with Gasteiger partial charge in [0, 0.05) is 18.0 Å². The van der Waals surface area contributed by atoms with E-state index in [0.717, 1.165) is 5.56 Å². The molecule has 80 valence electrons. The second kappa shape index (κ2) is 3.68. The average Bonchev–Trinajstić information content (AvgIpc) is 2.83.